The minimum Gasteiger partial charge on any atom is -0.508 e. The number of aromatic hydroxyl groups is 1. The summed E-state index contributed by atoms with van der Waals surface area (Å²) in [6.45, 7) is 1.35. The maximum Gasteiger partial charge on any atom is 0.417 e. The van der Waals surface area contributed by atoms with Gasteiger partial charge < -0.3 is 14.9 Å². The number of alkyl halides is 3. The molecule has 1 aromatic carbocycles. The molecule has 0 saturated heterocycles. The van der Waals surface area contributed by atoms with E-state index in [1.165, 1.54) is 25.1 Å². The lowest BCUT2D eigenvalue weighted by Gasteiger charge is -2.12. The Morgan fingerprint density at radius 3 is 2.56 bits per heavy atom. The molecular formula is C16H11ClF3NO4. The summed E-state index contributed by atoms with van der Waals surface area (Å²) in [6, 6.07) is 4.51. The molecule has 0 saturated carbocycles. The Balaban J connectivity index is 2.42. The first kappa shape index (κ1) is 18.6. The Morgan fingerprint density at radius 1 is 1.32 bits per heavy atom. The van der Waals surface area contributed by atoms with E-state index in [0.717, 1.165) is 6.07 Å². The number of phenols is 1. The number of carboxylic acid groups (broad SMARTS) is 1. The highest BCUT2D eigenvalue weighted by atomic mass is 35.5. The van der Waals surface area contributed by atoms with Crippen LogP contribution in [0.15, 0.2) is 36.0 Å². The van der Waals surface area contributed by atoms with Gasteiger partial charge >= 0.3 is 12.1 Å². The summed E-state index contributed by atoms with van der Waals surface area (Å²) in [7, 11) is 0. The number of ether oxygens (including phenoxy) is 1. The molecule has 5 nitrogen and oxygen atoms in total. The lowest BCUT2D eigenvalue weighted by atomic mass is 10.1. The fourth-order valence-corrected chi connectivity index (χ4v) is 1.99. The standard InChI is InChI=1S/C16H11ClF3NO4/c1-8(15(23)24)4-9-2-3-11(22)6-13(9)25-14-12(17)5-10(7-21-14)16(18,19)20/h2-7,22H,1H3,(H,23,24)/b8-4+. The van der Waals surface area contributed by atoms with Crippen molar-refractivity contribution in [3.63, 3.8) is 0 Å². The van der Waals surface area contributed by atoms with E-state index >= 15 is 0 Å². The number of phenolic OH excluding ortho intramolecular Hbond substituents is 1. The largest absolute Gasteiger partial charge is 0.508 e. The topological polar surface area (TPSA) is 79.7 Å². The monoisotopic (exact) mass is 373 g/mol. The normalized spacial score (nSPS) is 12.1. The third-order valence-electron chi connectivity index (χ3n) is 3.05. The highest BCUT2D eigenvalue weighted by Crippen LogP contribution is 2.36. The Kier molecular flexibility index (Phi) is 5.22. The first-order valence-electron chi connectivity index (χ1n) is 6.73. The lowest BCUT2D eigenvalue weighted by Crippen LogP contribution is -2.06. The first-order chi connectivity index (χ1) is 11.6. The van der Waals surface area contributed by atoms with Crippen molar-refractivity contribution in [1.82, 2.24) is 4.98 Å². The van der Waals surface area contributed by atoms with Crippen LogP contribution in [0.3, 0.4) is 0 Å². The number of hydrogen-bond donors (Lipinski definition) is 2. The molecule has 0 bridgehead atoms. The number of rotatable bonds is 4. The highest BCUT2D eigenvalue weighted by Gasteiger charge is 2.31. The Hall–Kier alpha value is -2.74. The van der Waals surface area contributed by atoms with Crippen molar-refractivity contribution in [3.8, 4) is 17.4 Å². The molecule has 0 radical (unpaired) electrons. The van der Waals surface area contributed by atoms with Crippen molar-refractivity contribution in [2.45, 2.75) is 13.1 Å². The summed E-state index contributed by atoms with van der Waals surface area (Å²) in [5.74, 6) is -1.69. The van der Waals surface area contributed by atoms with E-state index in [4.69, 9.17) is 21.4 Å². The molecule has 9 heteroatoms. The Bertz CT molecular complexity index is 850. The highest BCUT2D eigenvalue weighted by molar-refractivity contribution is 6.31. The van der Waals surface area contributed by atoms with E-state index in [-0.39, 0.29) is 33.5 Å². The van der Waals surface area contributed by atoms with Crippen LogP contribution in [-0.2, 0) is 11.0 Å². The van der Waals surface area contributed by atoms with Crippen molar-refractivity contribution < 1.29 is 32.9 Å². The van der Waals surface area contributed by atoms with Gasteiger partial charge in [-0.05, 0) is 31.2 Å². The molecule has 132 valence electrons. The molecule has 0 atom stereocenters. The predicted molar refractivity (Wildman–Crippen MR) is 83.7 cm³/mol. The summed E-state index contributed by atoms with van der Waals surface area (Å²) in [6.07, 6.45) is -2.77. The molecule has 2 aromatic rings. The average Bonchev–Trinajstić information content (AvgIpc) is 2.50. The van der Waals surface area contributed by atoms with Gasteiger partial charge in [-0.2, -0.15) is 13.2 Å². The minimum atomic E-state index is -4.60. The van der Waals surface area contributed by atoms with Gasteiger partial charge in [0.25, 0.3) is 0 Å². The van der Waals surface area contributed by atoms with E-state index in [9.17, 15) is 23.1 Å². The second-order valence-corrected chi connectivity index (χ2v) is 5.37. The fourth-order valence-electron chi connectivity index (χ4n) is 1.79. The number of hydrogen-bond acceptors (Lipinski definition) is 4. The van der Waals surface area contributed by atoms with Gasteiger partial charge in [0.15, 0.2) is 0 Å². The van der Waals surface area contributed by atoms with E-state index in [0.29, 0.717) is 12.3 Å². The number of halogens is 4. The van der Waals surface area contributed by atoms with Crippen LogP contribution in [0.25, 0.3) is 6.08 Å². The molecule has 0 aliphatic carbocycles. The molecule has 2 N–H and O–H groups in total. The zero-order chi connectivity index (χ0) is 18.8. The van der Waals surface area contributed by atoms with Crippen molar-refractivity contribution in [2.75, 3.05) is 0 Å². The minimum absolute atomic E-state index is 0.0120. The number of pyridine rings is 1. The summed E-state index contributed by atoms with van der Waals surface area (Å²) in [4.78, 5) is 14.5. The van der Waals surface area contributed by atoms with Crippen LogP contribution < -0.4 is 4.74 Å². The second-order valence-electron chi connectivity index (χ2n) is 4.97. The molecule has 2 rings (SSSR count). The molecule has 1 aromatic heterocycles. The van der Waals surface area contributed by atoms with Crippen molar-refractivity contribution in [2.24, 2.45) is 0 Å². The summed E-state index contributed by atoms with van der Waals surface area (Å²) in [5, 5.41) is 18.1. The first-order valence-corrected chi connectivity index (χ1v) is 7.11. The van der Waals surface area contributed by atoms with Crippen LogP contribution >= 0.6 is 11.6 Å². The van der Waals surface area contributed by atoms with Crippen molar-refractivity contribution in [1.29, 1.82) is 0 Å². The van der Waals surface area contributed by atoms with Gasteiger partial charge in [0, 0.05) is 23.4 Å². The third kappa shape index (κ3) is 4.63. The van der Waals surface area contributed by atoms with Crippen molar-refractivity contribution >= 4 is 23.6 Å². The van der Waals surface area contributed by atoms with Gasteiger partial charge in [-0.1, -0.05) is 11.6 Å². The van der Waals surface area contributed by atoms with Crippen LogP contribution in [0, 0.1) is 0 Å². The van der Waals surface area contributed by atoms with E-state index in [2.05, 4.69) is 4.98 Å². The molecule has 0 aliphatic heterocycles. The lowest BCUT2D eigenvalue weighted by molar-refractivity contribution is -0.138. The molecule has 1 heterocycles. The Labute approximate surface area is 145 Å². The van der Waals surface area contributed by atoms with Crippen LogP contribution in [0.2, 0.25) is 5.02 Å². The zero-order valence-corrected chi connectivity index (χ0v) is 13.4. The number of carboxylic acids is 1. The second kappa shape index (κ2) is 7.02. The molecule has 0 spiro atoms. The van der Waals surface area contributed by atoms with E-state index in [1.54, 1.807) is 0 Å². The number of aliphatic carboxylic acids is 1. The van der Waals surface area contributed by atoms with Gasteiger partial charge in [-0.3, -0.25) is 0 Å². The van der Waals surface area contributed by atoms with Crippen LogP contribution in [-0.4, -0.2) is 21.2 Å². The van der Waals surface area contributed by atoms with Crippen molar-refractivity contribution in [3.05, 3.63) is 52.2 Å². The number of aromatic nitrogens is 1. The number of carbonyl (C=O) groups is 1. The SMILES string of the molecule is C/C(=C\c1ccc(O)cc1Oc1ncc(C(F)(F)F)cc1Cl)C(=O)O. The molecule has 0 amide bonds. The molecule has 0 aliphatic rings. The quantitative estimate of drug-likeness (QED) is 0.757. The smallest absolute Gasteiger partial charge is 0.417 e. The van der Waals surface area contributed by atoms with Gasteiger partial charge in [0.05, 0.1) is 5.56 Å². The van der Waals surface area contributed by atoms with Gasteiger partial charge in [0.2, 0.25) is 5.88 Å². The average molecular weight is 374 g/mol. The maximum atomic E-state index is 12.6. The molecule has 25 heavy (non-hydrogen) atoms. The summed E-state index contributed by atoms with van der Waals surface area (Å²) in [5.41, 5.74) is -0.778. The van der Waals surface area contributed by atoms with Crippen LogP contribution in [0.5, 0.6) is 17.4 Å². The molecule has 0 unspecified atom stereocenters. The third-order valence-corrected chi connectivity index (χ3v) is 3.32. The predicted octanol–water partition coefficient (Wildman–Crippen LogP) is 4.74. The number of nitrogens with zero attached hydrogens (tertiary/aromatic N) is 1. The van der Waals surface area contributed by atoms with E-state index < -0.39 is 17.7 Å². The van der Waals surface area contributed by atoms with E-state index in [1.807, 2.05) is 0 Å². The summed E-state index contributed by atoms with van der Waals surface area (Å²) < 4.78 is 43.2. The van der Waals surface area contributed by atoms with Gasteiger partial charge in [-0.25, -0.2) is 9.78 Å². The zero-order valence-electron chi connectivity index (χ0n) is 12.6. The van der Waals surface area contributed by atoms with Gasteiger partial charge in [0.1, 0.15) is 16.5 Å². The molecular weight excluding hydrogens is 363 g/mol. The number of benzene rings is 1. The maximum absolute atomic E-state index is 12.6. The van der Waals surface area contributed by atoms with Crippen LogP contribution in [0.1, 0.15) is 18.1 Å². The summed E-state index contributed by atoms with van der Waals surface area (Å²) >= 11 is 5.77. The molecule has 0 fully saturated rings. The Morgan fingerprint density at radius 2 is 2.00 bits per heavy atom. The van der Waals surface area contributed by atoms with Gasteiger partial charge in [-0.15, -0.1) is 0 Å². The fraction of sp³-hybridized carbons (Fsp3) is 0.125. The van der Waals surface area contributed by atoms with Crippen LogP contribution in [0.4, 0.5) is 13.2 Å².